The molecular weight excluding hydrogens is 644 g/mol. The highest BCUT2D eigenvalue weighted by Gasteiger charge is 2.53. The molecular formula is C40H60N6O5. The second kappa shape index (κ2) is 15.9. The lowest BCUT2D eigenvalue weighted by Gasteiger charge is -2.52. The van der Waals surface area contributed by atoms with Crippen LogP contribution in [-0.2, 0) is 16.0 Å². The maximum Gasteiger partial charge on any atom is 0.302 e. The molecule has 5 aliphatic heterocycles. The Balaban J connectivity index is 1.21. The Morgan fingerprint density at radius 2 is 1.80 bits per heavy atom. The van der Waals surface area contributed by atoms with Gasteiger partial charge in [0.2, 0.25) is 0 Å². The van der Waals surface area contributed by atoms with E-state index in [1.807, 2.05) is 12.1 Å². The van der Waals surface area contributed by atoms with Crippen molar-refractivity contribution in [3.8, 4) is 23.3 Å². The molecule has 11 nitrogen and oxygen atoms in total. The number of esters is 1. The van der Waals surface area contributed by atoms with E-state index < -0.39 is 17.6 Å². The van der Waals surface area contributed by atoms with Crippen molar-refractivity contribution in [2.24, 2.45) is 39.3 Å². The number of hydrogen-bond donors (Lipinski definition) is 5. The van der Waals surface area contributed by atoms with E-state index in [0.29, 0.717) is 62.4 Å². The summed E-state index contributed by atoms with van der Waals surface area (Å²) < 4.78 is 12.2. The normalized spacial score (nSPS) is 35.7. The third-order valence-corrected chi connectivity index (χ3v) is 12.9. The lowest BCUT2D eigenvalue weighted by Crippen LogP contribution is -2.57. The van der Waals surface area contributed by atoms with Crippen molar-refractivity contribution < 1.29 is 24.5 Å². The van der Waals surface area contributed by atoms with E-state index in [1.54, 1.807) is 6.07 Å². The number of benzene rings is 1. The number of rotatable bonds is 5. The zero-order valence-electron chi connectivity index (χ0n) is 30.6. The fourth-order valence-corrected chi connectivity index (χ4v) is 10.5. The van der Waals surface area contributed by atoms with E-state index in [4.69, 9.17) is 20.2 Å². The molecule has 1 saturated carbocycles. The van der Waals surface area contributed by atoms with Gasteiger partial charge in [0.05, 0.1) is 18.2 Å². The fraction of sp³-hybridized carbons (Fsp3) is 0.750. The monoisotopic (exact) mass is 704 g/mol. The van der Waals surface area contributed by atoms with E-state index in [0.717, 1.165) is 83.5 Å². The molecule has 3 saturated heterocycles. The number of fused-ring (bicyclic) bond motifs is 3. The van der Waals surface area contributed by atoms with Crippen LogP contribution in [0.25, 0.3) is 0 Å². The van der Waals surface area contributed by atoms with Crippen LogP contribution in [-0.4, -0.2) is 109 Å². The quantitative estimate of drug-likeness (QED) is 0.229. The van der Waals surface area contributed by atoms with Gasteiger partial charge in [0.25, 0.3) is 0 Å². The van der Waals surface area contributed by atoms with Crippen LogP contribution in [0.1, 0.15) is 83.1 Å². The molecule has 8 rings (SSSR count). The van der Waals surface area contributed by atoms with Gasteiger partial charge in [-0.15, -0.1) is 5.92 Å². The lowest BCUT2D eigenvalue weighted by molar-refractivity contribution is -0.151. The summed E-state index contributed by atoms with van der Waals surface area (Å²) in [5, 5.41) is 29.3. The highest BCUT2D eigenvalue weighted by atomic mass is 16.5. The minimum absolute atomic E-state index is 0.0335. The zero-order chi connectivity index (χ0) is 35.4. The molecule has 4 bridgehead atoms. The van der Waals surface area contributed by atoms with Crippen molar-refractivity contribution in [1.82, 2.24) is 20.4 Å². The van der Waals surface area contributed by atoms with E-state index >= 15 is 0 Å². The first kappa shape index (κ1) is 36.3. The molecule has 0 amide bonds. The number of nitrogens with two attached hydrogens (primary N) is 1. The second-order valence-electron chi connectivity index (χ2n) is 16.7. The predicted octanol–water partition coefficient (Wildman–Crippen LogP) is 3.23. The molecule has 6 unspecified atom stereocenters. The minimum Gasteiger partial charge on any atom is -0.504 e. The van der Waals surface area contributed by atoms with Crippen LogP contribution in [0.4, 0.5) is 0 Å². The Morgan fingerprint density at radius 3 is 2.55 bits per heavy atom. The number of nitrogens with one attached hydrogen (secondary N) is 2. The van der Waals surface area contributed by atoms with Crippen LogP contribution in [0, 0.1) is 40.4 Å². The summed E-state index contributed by atoms with van der Waals surface area (Å²) in [6.45, 7) is 9.86. The smallest absolute Gasteiger partial charge is 0.302 e. The van der Waals surface area contributed by atoms with Crippen LogP contribution >= 0.6 is 0 Å². The van der Waals surface area contributed by atoms with E-state index in [1.165, 1.54) is 26.2 Å². The molecule has 4 fully saturated rings. The highest BCUT2D eigenvalue weighted by molar-refractivity contribution is 5.77. The van der Waals surface area contributed by atoms with Gasteiger partial charge in [0.15, 0.2) is 17.5 Å². The van der Waals surface area contributed by atoms with E-state index in [9.17, 15) is 15.0 Å². The van der Waals surface area contributed by atoms with Crippen molar-refractivity contribution in [3.63, 3.8) is 0 Å². The Bertz CT molecular complexity index is 1450. The first-order valence-electron chi connectivity index (χ1n) is 19.7. The largest absolute Gasteiger partial charge is 0.504 e. The van der Waals surface area contributed by atoms with Gasteiger partial charge in [-0.2, -0.15) is 0 Å². The second-order valence-corrected chi connectivity index (χ2v) is 16.7. The Kier molecular flexibility index (Phi) is 11.3. The van der Waals surface area contributed by atoms with Gasteiger partial charge in [-0.1, -0.05) is 24.8 Å². The summed E-state index contributed by atoms with van der Waals surface area (Å²) in [6.07, 6.45) is 9.33. The van der Waals surface area contributed by atoms with Gasteiger partial charge in [0, 0.05) is 70.4 Å². The molecule has 2 spiro atoms. The average molecular weight is 705 g/mol. The SMILES string of the molecule is CC(=O)OC1CC(O)CCC2(C#CCC1Cc1ccc(O)c(OC3CCNCC3)c1)CNC(N)=NCN1CC3CC(C1)CN(C3)CC21CCCC1. The summed E-state index contributed by atoms with van der Waals surface area (Å²) in [5.74, 6) is 9.50. The zero-order valence-corrected chi connectivity index (χ0v) is 30.6. The predicted molar refractivity (Wildman–Crippen MR) is 197 cm³/mol. The van der Waals surface area contributed by atoms with Crippen LogP contribution in [0.15, 0.2) is 23.2 Å². The van der Waals surface area contributed by atoms with Gasteiger partial charge in [0.1, 0.15) is 12.2 Å². The number of carbonyl (C=O) groups excluding carboxylic acids is 1. The standard InChI is InChI=1S/C40H60N6O5/c1-28(47)50-36-20-33(48)8-14-39(13-4-5-32(36)18-29-6-7-35(49)37(19-29)51-34-9-15-42-16-10-34)25-43-38(41)44-27-46-23-30-17-31(24-46)22-45(21-30)26-40(39)11-2-3-12-40/h6-7,19,30-34,36,42,48-49H,2-3,5,8-12,14-18,20-27H2,1H3,(H3,41,43,44). The van der Waals surface area contributed by atoms with Crippen molar-refractivity contribution in [2.45, 2.75) is 102 Å². The number of aromatic hydroxyl groups is 1. The molecule has 6 atom stereocenters. The molecule has 1 aromatic rings. The van der Waals surface area contributed by atoms with Gasteiger partial charge in [-0.05, 0) is 94.0 Å². The molecule has 1 aromatic carbocycles. The molecule has 7 aliphatic rings. The van der Waals surface area contributed by atoms with Gasteiger partial charge in [-0.25, -0.2) is 4.99 Å². The van der Waals surface area contributed by atoms with Crippen molar-refractivity contribution in [3.05, 3.63) is 23.8 Å². The Labute approximate surface area is 304 Å². The summed E-state index contributed by atoms with van der Waals surface area (Å²) in [4.78, 5) is 22.5. The first-order chi connectivity index (χ1) is 24.7. The molecule has 0 radical (unpaired) electrons. The number of aliphatic hydroxyl groups is 1. The third kappa shape index (κ3) is 8.62. The Hall–Kier alpha value is -3.04. The number of ether oxygens (including phenoxy) is 2. The number of guanidine groups is 1. The highest BCUT2D eigenvalue weighted by Crippen LogP contribution is 2.55. The molecule has 11 heteroatoms. The molecule has 2 aliphatic carbocycles. The summed E-state index contributed by atoms with van der Waals surface area (Å²) >= 11 is 0. The summed E-state index contributed by atoms with van der Waals surface area (Å²) in [6, 6.07) is 5.54. The minimum atomic E-state index is -0.652. The van der Waals surface area contributed by atoms with E-state index in [-0.39, 0.29) is 29.2 Å². The van der Waals surface area contributed by atoms with Crippen molar-refractivity contribution in [1.29, 1.82) is 0 Å². The number of phenolic OH excluding ortho intramolecular Hbond substituents is 1. The van der Waals surface area contributed by atoms with Crippen molar-refractivity contribution >= 4 is 11.9 Å². The summed E-state index contributed by atoms with van der Waals surface area (Å²) in [7, 11) is 0. The third-order valence-electron chi connectivity index (χ3n) is 12.9. The van der Waals surface area contributed by atoms with Gasteiger partial charge in [-0.3, -0.25) is 9.69 Å². The topological polar surface area (TPSA) is 145 Å². The number of aliphatic hydroxyl groups excluding tert-OH is 1. The number of nitrogens with zero attached hydrogens (tertiary/aromatic N) is 3. The number of piperidine rings is 3. The molecule has 0 aromatic heterocycles. The molecule has 6 N–H and O–H groups in total. The number of phenols is 1. The van der Waals surface area contributed by atoms with Crippen LogP contribution in [0.3, 0.4) is 0 Å². The van der Waals surface area contributed by atoms with Gasteiger partial charge >= 0.3 is 5.97 Å². The number of aliphatic imine (C=N–C) groups is 1. The van der Waals surface area contributed by atoms with E-state index in [2.05, 4.69) is 32.3 Å². The molecule has 51 heavy (non-hydrogen) atoms. The lowest BCUT2D eigenvalue weighted by atomic mass is 9.59. The average Bonchev–Trinajstić information content (AvgIpc) is 3.58. The van der Waals surface area contributed by atoms with Crippen LogP contribution < -0.4 is 21.1 Å². The van der Waals surface area contributed by atoms with Gasteiger partial charge < -0.3 is 41.0 Å². The van der Waals surface area contributed by atoms with Crippen LogP contribution in [0.5, 0.6) is 11.5 Å². The Morgan fingerprint density at radius 1 is 1.06 bits per heavy atom. The first-order valence-corrected chi connectivity index (χ1v) is 19.7. The molecule has 280 valence electrons. The maximum atomic E-state index is 12.4. The fourth-order valence-electron chi connectivity index (χ4n) is 10.5. The maximum absolute atomic E-state index is 12.4. The summed E-state index contributed by atoms with van der Waals surface area (Å²) in [5.41, 5.74) is 7.11. The molecule has 5 heterocycles. The number of carbonyl (C=O) groups is 1. The number of hydrogen-bond acceptors (Lipinski definition) is 11. The van der Waals surface area contributed by atoms with Crippen LogP contribution in [0.2, 0.25) is 0 Å². The van der Waals surface area contributed by atoms with Crippen molar-refractivity contribution in [2.75, 3.05) is 59.0 Å².